The molecule has 8 heavy (non-hydrogen) atoms. The van der Waals surface area contributed by atoms with Crippen LogP contribution >= 0.6 is 11.8 Å². The van der Waals surface area contributed by atoms with Crippen LogP contribution in [0, 0.1) is 0 Å². The first-order valence-electron chi connectivity index (χ1n) is 2.68. The zero-order valence-corrected chi connectivity index (χ0v) is 5.24. The van der Waals surface area contributed by atoms with E-state index < -0.39 is 0 Å². The van der Waals surface area contributed by atoms with Crippen LogP contribution in [0.5, 0.6) is 0 Å². The molecule has 1 heteroatoms. The first-order chi connectivity index (χ1) is 3.97. The van der Waals surface area contributed by atoms with E-state index in [4.69, 9.17) is 0 Å². The summed E-state index contributed by atoms with van der Waals surface area (Å²) in [5.41, 5.74) is 1.43. The maximum Gasteiger partial charge on any atom is 0.0170 e. The van der Waals surface area contributed by atoms with Gasteiger partial charge in [0, 0.05) is 10.7 Å². The molecular formula is C7H6S. The summed E-state index contributed by atoms with van der Waals surface area (Å²) < 4.78 is 0. The molecule has 0 aromatic rings. The van der Waals surface area contributed by atoms with Gasteiger partial charge in [-0.1, -0.05) is 18.2 Å². The Kier molecular flexibility index (Phi) is 0.847. The highest BCUT2D eigenvalue weighted by atomic mass is 32.2. The van der Waals surface area contributed by atoms with Crippen LogP contribution in [0.1, 0.15) is 0 Å². The van der Waals surface area contributed by atoms with Crippen LogP contribution in [0.4, 0.5) is 0 Å². The summed E-state index contributed by atoms with van der Waals surface area (Å²) in [6.45, 7) is 0. The third-order valence-electron chi connectivity index (χ3n) is 1.35. The molecule has 0 nitrogen and oxygen atoms in total. The average molecular weight is 122 g/mol. The molecule has 1 aliphatic heterocycles. The number of rotatable bonds is 0. The molecule has 0 saturated carbocycles. The van der Waals surface area contributed by atoms with Crippen molar-refractivity contribution in [1.82, 2.24) is 0 Å². The Morgan fingerprint density at radius 3 is 3.38 bits per heavy atom. The van der Waals surface area contributed by atoms with Gasteiger partial charge in [0.15, 0.2) is 0 Å². The highest BCUT2D eigenvalue weighted by Gasteiger charge is 2.10. The van der Waals surface area contributed by atoms with Crippen molar-refractivity contribution in [1.29, 1.82) is 0 Å². The summed E-state index contributed by atoms with van der Waals surface area (Å²) in [6, 6.07) is 0. The number of thioether (sulfide) groups is 1. The van der Waals surface area contributed by atoms with Crippen molar-refractivity contribution >= 4 is 11.8 Å². The number of hydrogen-bond acceptors (Lipinski definition) is 1. The Balaban J connectivity index is 2.49. The maximum absolute atomic E-state index is 2.26. The van der Waals surface area contributed by atoms with Crippen LogP contribution in [0.2, 0.25) is 0 Å². The molecule has 1 aliphatic carbocycles. The molecule has 2 rings (SSSR count). The minimum Gasteiger partial charge on any atom is -0.121 e. The summed E-state index contributed by atoms with van der Waals surface area (Å²) >= 11 is 1.92. The van der Waals surface area contributed by atoms with Crippen molar-refractivity contribution in [3.63, 3.8) is 0 Å². The van der Waals surface area contributed by atoms with Gasteiger partial charge in [-0.05, 0) is 11.6 Å². The van der Waals surface area contributed by atoms with Gasteiger partial charge in [0.05, 0.1) is 0 Å². The monoisotopic (exact) mass is 122 g/mol. The van der Waals surface area contributed by atoms with Gasteiger partial charge in [0.25, 0.3) is 0 Å². The normalized spacial score (nSPS) is 23.0. The van der Waals surface area contributed by atoms with Crippen molar-refractivity contribution in [3.05, 3.63) is 34.8 Å². The van der Waals surface area contributed by atoms with Crippen molar-refractivity contribution in [2.24, 2.45) is 0 Å². The standard InChI is InChI=1S/C7H6S/c1-2-6-4-5-8-7(6)3-1/h1-4H,5H2. The van der Waals surface area contributed by atoms with Gasteiger partial charge in [-0.2, -0.15) is 0 Å². The Morgan fingerprint density at radius 2 is 2.50 bits per heavy atom. The van der Waals surface area contributed by atoms with Crippen molar-refractivity contribution in [3.8, 4) is 0 Å². The van der Waals surface area contributed by atoms with Gasteiger partial charge in [-0.15, -0.1) is 11.8 Å². The lowest BCUT2D eigenvalue weighted by atomic mass is 10.3. The second-order valence-electron chi connectivity index (χ2n) is 1.86. The number of fused-ring (bicyclic) bond motifs is 1. The van der Waals surface area contributed by atoms with Gasteiger partial charge in [0.2, 0.25) is 0 Å². The fourth-order valence-corrected chi connectivity index (χ4v) is 1.87. The van der Waals surface area contributed by atoms with Crippen LogP contribution in [0.25, 0.3) is 0 Å². The van der Waals surface area contributed by atoms with Crippen LogP contribution in [-0.4, -0.2) is 5.75 Å². The highest BCUT2D eigenvalue weighted by molar-refractivity contribution is 8.03. The molecule has 0 aromatic heterocycles. The Hall–Kier alpha value is -0.430. The Labute approximate surface area is 53.0 Å². The molecule has 0 unspecified atom stereocenters. The lowest BCUT2D eigenvalue weighted by Crippen LogP contribution is -1.63. The molecule has 0 aromatic carbocycles. The summed E-state index contributed by atoms with van der Waals surface area (Å²) in [5.74, 6) is 1.17. The van der Waals surface area contributed by atoms with Crippen molar-refractivity contribution in [2.75, 3.05) is 5.75 Å². The van der Waals surface area contributed by atoms with Crippen molar-refractivity contribution < 1.29 is 0 Å². The molecule has 1 heterocycles. The van der Waals surface area contributed by atoms with Crippen LogP contribution in [0.3, 0.4) is 0 Å². The quantitative estimate of drug-likeness (QED) is 0.474. The number of allylic oxidation sites excluding steroid dienone is 4. The van der Waals surface area contributed by atoms with E-state index in [0.717, 1.165) is 0 Å². The zero-order chi connectivity index (χ0) is 5.40. The van der Waals surface area contributed by atoms with Crippen LogP contribution < -0.4 is 0 Å². The predicted molar refractivity (Wildman–Crippen MR) is 37.8 cm³/mol. The lowest BCUT2D eigenvalue weighted by Gasteiger charge is -1.87. The average Bonchev–Trinajstić information content (AvgIpc) is 2.15. The smallest absolute Gasteiger partial charge is 0.0170 e. The van der Waals surface area contributed by atoms with E-state index in [1.807, 2.05) is 11.8 Å². The fourth-order valence-electron chi connectivity index (χ4n) is 0.939. The molecule has 0 radical (unpaired) electrons. The number of hydrogen-bond donors (Lipinski definition) is 0. The van der Waals surface area contributed by atoms with Gasteiger partial charge < -0.3 is 0 Å². The van der Waals surface area contributed by atoms with E-state index in [0.29, 0.717) is 0 Å². The molecule has 0 bridgehead atoms. The maximum atomic E-state index is 2.26. The van der Waals surface area contributed by atoms with Gasteiger partial charge >= 0.3 is 0 Å². The first kappa shape index (κ1) is 4.45. The molecule has 0 saturated heterocycles. The van der Waals surface area contributed by atoms with Crippen LogP contribution in [0.15, 0.2) is 34.8 Å². The molecule has 0 spiro atoms. The summed E-state index contributed by atoms with van der Waals surface area (Å²) in [4.78, 5) is 1.45. The zero-order valence-electron chi connectivity index (χ0n) is 4.42. The van der Waals surface area contributed by atoms with Crippen LogP contribution in [-0.2, 0) is 0 Å². The molecule has 0 fully saturated rings. The molecule has 2 aliphatic rings. The molecular weight excluding hydrogens is 116 g/mol. The van der Waals surface area contributed by atoms with E-state index in [1.165, 1.54) is 16.2 Å². The van der Waals surface area contributed by atoms with Gasteiger partial charge in [-0.25, -0.2) is 0 Å². The second-order valence-corrected chi connectivity index (χ2v) is 2.92. The van der Waals surface area contributed by atoms with E-state index >= 15 is 0 Å². The molecule has 0 N–H and O–H groups in total. The van der Waals surface area contributed by atoms with Gasteiger partial charge in [-0.3, -0.25) is 0 Å². The van der Waals surface area contributed by atoms with E-state index in [9.17, 15) is 0 Å². The molecule has 0 atom stereocenters. The molecule has 40 valence electrons. The first-order valence-corrected chi connectivity index (χ1v) is 3.67. The molecule has 0 amide bonds. The summed E-state index contributed by atoms with van der Waals surface area (Å²) in [5, 5.41) is 0. The van der Waals surface area contributed by atoms with E-state index in [-0.39, 0.29) is 0 Å². The second kappa shape index (κ2) is 1.52. The largest absolute Gasteiger partial charge is 0.121 e. The summed E-state index contributed by atoms with van der Waals surface area (Å²) in [7, 11) is 0. The summed E-state index contributed by atoms with van der Waals surface area (Å²) in [6.07, 6.45) is 8.70. The van der Waals surface area contributed by atoms with Crippen molar-refractivity contribution in [2.45, 2.75) is 0 Å². The minimum atomic E-state index is 1.17. The van der Waals surface area contributed by atoms with E-state index in [2.05, 4.69) is 24.3 Å². The van der Waals surface area contributed by atoms with E-state index in [1.54, 1.807) is 0 Å². The fraction of sp³-hybridized carbons (Fsp3) is 0.143. The Bertz CT molecular complexity index is 196. The highest BCUT2D eigenvalue weighted by Crippen LogP contribution is 2.34. The Morgan fingerprint density at radius 1 is 1.50 bits per heavy atom. The minimum absolute atomic E-state index is 1.17. The topological polar surface area (TPSA) is 0 Å². The lowest BCUT2D eigenvalue weighted by molar-refractivity contribution is 1.70. The SMILES string of the molecule is C1=CC2=CCSC2=C1. The third-order valence-corrected chi connectivity index (χ3v) is 2.37. The third kappa shape index (κ3) is 0.480. The van der Waals surface area contributed by atoms with Gasteiger partial charge in [0.1, 0.15) is 0 Å². The predicted octanol–water partition coefficient (Wildman–Crippen LogP) is 2.11.